The summed E-state index contributed by atoms with van der Waals surface area (Å²) in [5.41, 5.74) is -3.19. The van der Waals surface area contributed by atoms with Gasteiger partial charge in [0.15, 0.2) is 5.13 Å². The van der Waals surface area contributed by atoms with Crippen molar-refractivity contribution in [1.82, 2.24) is 4.98 Å². The number of thiazole rings is 1. The summed E-state index contributed by atoms with van der Waals surface area (Å²) >= 11 is 1.03. The standard InChI is InChI=1S/C15H12F6N2OS/c1-7(2)11-6-25-13(22-11)23-12(24)8-3-9(14(16,17)18)5-10(4-8)15(19,20)21/h3-7H,1-2H3,(H,22,23,24). The van der Waals surface area contributed by atoms with Crippen LogP contribution in [0.3, 0.4) is 0 Å². The van der Waals surface area contributed by atoms with E-state index in [9.17, 15) is 31.1 Å². The third kappa shape index (κ3) is 4.71. The van der Waals surface area contributed by atoms with Crippen LogP contribution in [0.4, 0.5) is 31.5 Å². The minimum atomic E-state index is -5.01. The normalized spacial score (nSPS) is 12.5. The first kappa shape index (κ1) is 19.2. The molecule has 0 fully saturated rings. The number of hydrogen-bond donors (Lipinski definition) is 1. The summed E-state index contributed by atoms with van der Waals surface area (Å²) in [5, 5.41) is 3.97. The van der Waals surface area contributed by atoms with Crippen LogP contribution < -0.4 is 5.32 Å². The zero-order valence-electron chi connectivity index (χ0n) is 12.9. The van der Waals surface area contributed by atoms with E-state index in [-0.39, 0.29) is 17.1 Å². The van der Waals surface area contributed by atoms with E-state index in [0.29, 0.717) is 17.8 Å². The van der Waals surface area contributed by atoms with Crippen LogP contribution in [0.2, 0.25) is 0 Å². The number of amides is 1. The molecule has 0 unspecified atom stereocenters. The van der Waals surface area contributed by atoms with E-state index < -0.39 is 35.0 Å². The number of halogens is 6. The second-order valence-corrected chi connectivity index (χ2v) is 6.34. The number of nitrogens with one attached hydrogen (secondary N) is 1. The summed E-state index contributed by atoms with van der Waals surface area (Å²) in [6.07, 6.45) is -10.0. The first-order valence-corrected chi connectivity index (χ1v) is 7.82. The number of carbonyl (C=O) groups excluding carboxylic acids is 1. The molecule has 0 aliphatic rings. The van der Waals surface area contributed by atoms with Crippen molar-refractivity contribution in [3.05, 3.63) is 46.0 Å². The van der Waals surface area contributed by atoms with Crippen LogP contribution in [-0.4, -0.2) is 10.9 Å². The Morgan fingerprint density at radius 2 is 1.56 bits per heavy atom. The van der Waals surface area contributed by atoms with Gasteiger partial charge in [-0.05, 0) is 24.1 Å². The van der Waals surface area contributed by atoms with E-state index in [4.69, 9.17) is 0 Å². The second-order valence-electron chi connectivity index (χ2n) is 5.48. The zero-order chi connectivity index (χ0) is 19.0. The van der Waals surface area contributed by atoms with Gasteiger partial charge in [-0.2, -0.15) is 26.3 Å². The Morgan fingerprint density at radius 1 is 1.04 bits per heavy atom. The summed E-state index contributed by atoms with van der Waals surface area (Å²) in [7, 11) is 0. The minimum Gasteiger partial charge on any atom is -0.298 e. The Kier molecular flexibility index (Phi) is 5.12. The molecule has 0 aliphatic carbocycles. The molecule has 1 heterocycles. The lowest BCUT2D eigenvalue weighted by Crippen LogP contribution is -2.17. The number of alkyl halides is 6. The molecule has 25 heavy (non-hydrogen) atoms. The molecule has 1 aromatic carbocycles. The van der Waals surface area contributed by atoms with Gasteiger partial charge < -0.3 is 0 Å². The molecule has 0 bridgehead atoms. The number of benzene rings is 1. The molecule has 0 spiro atoms. The summed E-state index contributed by atoms with van der Waals surface area (Å²) < 4.78 is 76.9. The molecule has 3 nitrogen and oxygen atoms in total. The van der Waals surface area contributed by atoms with Crippen LogP contribution >= 0.6 is 11.3 Å². The van der Waals surface area contributed by atoms with Crippen LogP contribution in [0.1, 0.15) is 46.9 Å². The van der Waals surface area contributed by atoms with Crippen molar-refractivity contribution in [2.45, 2.75) is 32.1 Å². The quantitative estimate of drug-likeness (QED) is 0.707. The van der Waals surface area contributed by atoms with E-state index in [1.807, 2.05) is 13.8 Å². The highest BCUT2D eigenvalue weighted by atomic mass is 32.1. The maximum Gasteiger partial charge on any atom is 0.416 e. The molecule has 0 atom stereocenters. The van der Waals surface area contributed by atoms with Crippen molar-refractivity contribution in [2.24, 2.45) is 0 Å². The molecule has 1 amide bonds. The molecule has 2 aromatic rings. The Balaban J connectivity index is 2.37. The van der Waals surface area contributed by atoms with Gasteiger partial charge in [0.2, 0.25) is 0 Å². The fraction of sp³-hybridized carbons (Fsp3) is 0.333. The van der Waals surface area contributed by atoms with E-state index in [1.54, 1.807) is 5.38 Å². The summed E-state index contributed by atoms with van der Waals surface area (Å²) in [5.74, 6) is -1.03. The lowest BCUT2D eigenvalue weighted by Gasteiger charge is -2.13. The average Bonchev–Trinajstić information content (AvgIpc) is 2.93. The van der Waals surface area contributed by atoms with Crippen molar-refractivity contribution in [2.75, 3.05) is 5.32 Å². The van der Waals surface area contributed by atoms with Crippen LogP contribution in [0.5, 0.6) is 0 Å². The monoisotopic (exact) mass is 382 g/mol. The van der Waals surface area contributed by atoms with E-state index in [0.717, 1.165) is 11.3 Å². The molecular formula is C15H12F6N2OS. The smallest absolute Gasteiger partial charge is 0.298 e. The Hall–Kier alpha value is -2.10. The minimum absolute atomic E-state index is 0.0307. The van der Waals surface area contributed by atoms with Gasteiger partial charge in [0.25, 0.3) is 5.91 Å². The van der Waals surface area contributed by atoms with Crippen LogP contribution in [-0.2, 0) is 12.4 Å². The fourth-order valence-electron chi connectivity index (χ4n) is 1.86. The summed E-state index contributed by atoms with van der Waals surface area (Å²) in [4.78, 5) is 16.1. The van der Waals surface area contributed by atoms with Crippen LogP contribution in [0.25, 0.3) is 0 Å². The molecular weight excluding hydrogens is 370 g/mol. The number of hydrogen-bond acceptors (Lipinski definition) is 3. The molecule has 0 radical (unpaired) electrons. The number of aromatic nitrogens is 1. The maximum atomic E-state index is 12.8. The third-order valence-corrected chi connectivity index (χ3v) is 3.96. The van der Waals surface area contributed by atoms with Gasteiger partial charge in [-0.3, -0.25) is 10.1 Å². The maximum absolute atomic E-state index is 12.8. The highest BCUT2D eigenvalue weighted by Gasteiger charge is 2.37. The second kappa shape index (κ2) is 6.66. The number of anilines is 1. The first-order valence-electron chi connectivity index (χ1n) is 6.94. The van der Waals surface area contributed by atoms with Gasteiger partial charge in [0.05, 0.1) is 16.8 Å². The molecule has 10 heteroatoms. The molecule has 0 saturated carbocycles. The van der Waals surface area contributed by atoms with Crippen molar-refractivity contribution < 1.29 is 31.1 Å². The largest absolute Gasteiger partial charge is 0.416 e. The van der Waals surface area contributed by atoms with Gasteiger partial charge in [-0.25, -0.2) is 4.98 Å². The van der Waals surface area contributed by atoms with E-state index >= 15 is 0 Å². The number of carbonyl (C=O) groups is 1. The molecule has 0 aliphatic heterocycles. The molecule has 1 aromatic heterocycles. The van der Waals surface area contributed by atoms with Crippen molar-refractivity contribution in [1.29, 1.82) is 0 Å². The molecule has 1 N–H and O–H groups in total. The SMILES string of the molecule is CC(C)c1csc(NC(=O)c2cc(C(F)(F)F)cc(C(F)(F)F)c2)n1. The Morgan fingerprint density at radius 3 is 1.96 bits per heavy atom. The number of nitrogens with zero attached hydrogens (tertiary/aromatic N) is 1. The highest BCUT2D eigenvalue weighted by Crippen LogP contribution is 2.36. The third-order valence-electron chi connectivity index (χ3n) is 3.18. The predicted octanol–water partition coefficient (Wildman–Crippen LogP) is 5.56. The van der Waals surface area contributed by atoms with Gasteiger partial charge in [0, 0.05) is 10.9 Å². The van der Waals surface area contributed by atoms with Crippen molar-refractivity contribution >= 4 is 22.4 Å². The number of rotatable bonds is 3. The Bertz CT molecular complexity index is 747. The molecule has 2 rings (SSSR count). The lowest BCUT2D eigenvalue weighted by molar-refractivity contribution is -0.143. The van der Waals surface area contributed by atoms with Gasteiger partial charge in [-0.1, -0.05) is 13.8 Å². The van der Waals surface area contributed by atoms with Gasteiger partial charge >= 0.3 is 12.4 Å². The average molecular weight is 382 g/mol. The lowest BCUT2D eigenvalue weighted by atomic mass is 10.0. The zero-order valence-corrected chi connectivity index (χ0v) is 13.7. The Labute approximate surface area is 142 Å². The van der Waals surface area contributed by atoms with Gasteiger partial charge in [0.1, 0.15) is 0 Å². The van der Waals surface area contributed by atoms with Crippen molar-refractivity contribution in [3.63, 3.8) is 0 Å². The first-order chi connectivity index (χ1) is 11.4. The highest BCUT2D eigenvalue weighted by molar-refractivity contribution is 7.14. The topological polar surface area (TPSA) is 42.0 Å². The van der Waals surface area contributed by atoms with Crippen molar-refractivity contribution in [3.8, 4) is 0 Å². The predicted molar refractivity (Wildman–Crippen MR) is 80.6 cm³/mol. The molecule has 136 valence electrons. The molecule has 0 saturated heterocycles. The van der Waals surface area contributed by atoms with Gasteiger partial charge in [-0.15, -0.1) is 11.3 Å². The van der Waals surface area contributed by atoms with E-state index in [2.05, 4.69) is 10.3 Å². The summed E-state index contributed by atoms with van der Waals surface area (Å²) in [6, 6.07) is 0.722. The van der Waals surface area contributed by atoms with E-state index in [1.165, 1.54) is 0 Å². The fourth-order valence-corrected chi connectivity index (χ4v) is 2.73. The summed E-state index contributed by atoms with van der Waals surface area (Å²) in [6.45, 7) is 3.70. The van der Waals surface area contributed by atoms with Crippen LogP contribution in [0.15, 0.2) is 23.6 Å². The van der Waals surface area contributed by atoms with Crippen LogP contribution in [0, 0.1) is 0 Å².